The molecule has 200 valence electrons. The van der Waals surface area contributed by atoms with Gasteiger partial charge in [0.1, 0.15) is 23.5 Å². The Kier molecular flexibility index (Phi) is 11.5. The van der Waals surface area contributed by atoms with Crippen LogP contribution >= 0.6 is 24.8 Å². The Morgan fingerprint density at radius 2 is 2.08 bits per heavy atom. The molecular formula is C24H36Cl2FN7O2. The molecule has 1 fully saturated rings. The fraction of sp³-hybridized carbons (Fsp3) is 0.583. The highest BCUT2D eigenvalue weighted by Gasteiger charge is 2.34. The second-order valence-corrected chi connectivity index (χ2v) is 9.36. The van der Waals surface area contributed by atoms with Crippen LogP contribution in [0.1, 0.15) is 55.5 Å². The average Bonchev–Trinajstić information content (AvgIpc) is 3.49. The lowest BCUT2D eigenvalue weighted by molar-refractivity contribution is 0.0590. The molecule has 9 nitrogen and oxygen atoms in total. The molecule has 0 spiro atoms. The van der Waals surface area contributed by atoms with Crippen molar-refractivity contribution < 1.29 is 13.9 Å². The maximum absolute atomic E-state index is 14.8. The zero-order chi connectivity index (χ0) is 24.1. The van der Waals surface area contributed by atoms with E-state index in [1.54, 1.807) is 30.1 Å². The van der Waals surface area contributed by atoms with Crippen molar-refractivity contribution in [3.05, 3.63) is 42.0 Å². The van der Waals surface area contributed by atoms with E-state index in [1.165, 1.54) is 6.07 Å². The van der Waals surface area contributed by atoms with Crippen LogP contribution in [-0.4, -0.2) is 74.9 Å². The number of rotatable bonds is 10. The van der Waals surface area contributed by atoms with Gasteiger partial charge < -0.3 is 24.5 Å². The second-order valence-electron chi connectivity index (χ2n) is 9.36. The Labute approximate surface area is 223 Å². The molecule has 3 aromatic rings. The van der Waals surface area contributed by atoms with Crippen LogP contribution in [0.3, 0.4) is 0 Å². The third-order valence-corrected chi connectivity index (χ3v) is 6.30. The number of H-pyrrole nitrogens is 1. The van der Waals surface area contributed by atoms with Crippen LogP contribution in [0.15, 0.2) is 24.5 Å². The molecule has 1 aliphatic heterocycles. The molecule has 1 aromatic carbocycles. The second kappa shape index (κ2) is 13.9. The largest absolute Gasteiger partial charge is 0.385 e. The SMILES string of the molecule is COCCCCn1c(C(=O)N(CC(C)C)[C@@H]2CNC[C@H](c3nnc[nH]3)C2)nc2cccc(F)c21.Cl.Cl. The summed E-state index contributed by atoms with van der Waals surface area (Å²) in [6.45, 7) is 7.36. The Bertz CT molecular complexity index is 1090. The van der Waals surface area contributed by atoms with E-state index in [0.29, 0.717) is 43.1 Å². The van der Waals surface area contributed by atoms with Crippen LogP contribution in [0, 0.1) is 11.7 Å². The first-order chi connectivity index (χ1) is 16.5. The van der Waals surface area contributed by atoms with Gasteiger partial charge in [-0.1, -0.05) is 19.9 Å². The van der Waals surface area contributed by atoms with Crippen molar-refractivity contribution in [2.45, 2.75) is 51.6 Å². The Balaban J connectivity index is 0.00000228. The van der Waals surface area contributed by atoms with Gasteiger partial charge in [-0.25, -0.2) is 9.37 Å². The van der Waals surface area contributed by atoms with E-state index in [9.17, 15) is 9.18 Å². The minimum Gasteiger partial charge on any atom is -0.385 e. The summed E-state index contributed by atoms with van der Waals surface area (Å²) in [5.41, 5.74) is 0.884. The number of ether oxygens (including phenoxy) is 1. The number of para-hydroxylation sites is 1. The third kappa shape index (κ3) is 6.73. The summed E-state index contributed by atoms with van der Waals surface area (Å²) in [4.78, 5) is 23.6. The number of aromatic nitrogens is 5. The lowest BCUT2D eigenvalue weighted by Gasteiger charge is -2.38. The number of unbranched alkanes of at least 4 members (excludes halogenated alkanes) is 1. The molecule has 4 rings (SSSR count). The van der Waals surface area contributed by atoms with Crippen LogP contribution in [0.4, 0.5) is 4.39 Å². The summed E-state index contributed by atoms with van der Waals surface area (Å²) in [6, 6.07) is 4.77. The minimum atomic E-state index is -0.365. The Morgan fingerprint density at radius 1 is 1.28 bits per heavy atom. The van der Waals surface area contributed by atoms with Crippen molar-refractivity contribution in [3.63, 3.8) is 0 Å². The number of imidazole rings is 1. The van der Waals surface area contributed by atoms with Crippen molar-refractivity contribution >= 4 is 41.8 Å². The summed E-state index contributed by atoms with van der Waals surface area (Å²) in [6.07, 6.45) is 3.93. The number of fused-ring (bicyclic) bond motifs is 1. The third-order valence-electron chi connectivity index (χ3n) is 6.30. The van der Waals surface area contributed by atoms with Crippen molar-refractivity contribution in [3.8, 4) is 0 Å². The smallest absolute Gasteiger partial charge is 0.290 e. The topological polar surface area (TPSA) is 101 Å². The van der Waals surface area contributed by atoms with Crippen LogP contribution in [0.2, 0.25) is 0 Å². The fourth-order valence-electron chi connectivity index (χ4n) is 4.74. The number of benzene rings is 1. The first-order valence-electron chi connectivity index (χ1n) is 12.0. The Hall–Kier alpha value is -2.27. The normalized spacial score (nSPS) is 17.6. The fourth-order valence-corrected chi connectivity index (χ4v) is 4.74. The van der Waals surface area contributed by atoms with Gasteiger partial charge in [-0.2, -0.15) is 0 Å². The minimum absolute atomic E-state index is 0. The molecule has 2 atom stereocenters. The van der Waals surface area contributed by atoms with Gasteiger partial charge in [0, 0.05) is 51.9 Å². The van der Waals surface area contributed by atoms with Gasteiger partial charge in [0.15, 0.2) is 5.82 Å². The van der Waals surface area contributed by atoms with Crippen LogP contribution < -0.4 is 5.32 Å². The first-order valence-corrected chi connectivity index (χ1v) is 12.0. The van der Waals surface area contributed by atoms with E-state index in [2.05, 4.69) is 39.3 Å². The van der Waals surface area contributed by atoms with Gasteiger partial charge >= 0.3 is 0 Å². The van der Waals surface area contributed by atoms with Gasteiger partial charge in [0.05, 0.1) is 5.52 Å². The maximum atomic E-state index is 14.8. The van der Waals surface area contributed by atoms with E-state index in [-0.39, 0.29) is 54.4 Å². The lowest BCUT2D eigenvalue weighted by Crippen LogP contribution is -2.52. The number of aromatic amines is 1. The molecule has 2 aromatic heterocycles. The summed E-state index contributed by atoms with van der Waals surface area (Å²) in [5.74, 6) is 0.985. The zero-order valence-corrected chi connectivity index (χ0v) is 22.6. The molecule has 0 saturated carbocycles. The summed E-state index contributed by atoms with van der Waals surface area (Å²) in [5, 5.41) is 11.5. The van der Waals surface area contributed by atoms with Gasteiger partial charge in [-0.15, -0.1) is 35.0 Å². The number of halogens is 3. The number of amides is 1. The molecule has 0 unspecified atom stereocenters. The zero-order valence-electron chi connectivity index (χ0n) is 20.9. The number of nitrogens with one attached hydrogen (secondary N) is 2. The molecule has 1 saturated heterocycles. The molecule has 1 aliphatic rings. The van der Waals surface area contributed by atoms with Crippen molar-refractivity contribution in [1.29, 1.82) is 0 Å². The van der Waals surface area contributed by atoms with E-state index in [1.807, 2.05) is 4.90 Å². The molecule has 0 bridgehead atoms. The summed E-state index contributed by atoms with van der Waals surface area (Å²) < 4.78 is 21.7. The molecule has 12 heteroatoms. The quantitative estimate of drug-likeness (QED) is 0.377. The molecule has 36 heavy (non-hydrogen) atoms. The molecule has 3 heterocycles. The summed E-state index contributed by atoms with van der Waals surface area (Å²) >= 11 is 0. The van der Waals surface area contributed by atoms with Crippen LogP contribution in [0.5, 0.6) is 0 Å². The number of nitrogens with zero attached hydrogens (tertiary/aromatic N) is 5. The van der Waals surface area contributed by atoms with E-state index >= 15 is 0 Å². The predicted octanol–water partition coefficient (Wildman–Crippen LogP) is 3.81. The van der Waals surface area contributed by atoms with Gasteiger partial charge in [0.25, 0.3) is 5.91 Å². The number of piperidine rings is 1. The predicted molar refractivity (Wildman–Crippen MR) is 142 cm³/mol. The van der Waals surface area contributed by atoms with Gasteiger partial charge in [-0.3, -0.25) is 4.79 Å². The summed E-state index contributed by atoms with van der Waals surface area (Å²) in [7, 11) is 1.66. The standard InChI is InChI=1S/C24H34FN7O2.2ClH/c1-16(2)14-32(18-11-17(12-26-13-18)22-27-15-28-30-22)24(33)23-29-20-8-6-7-19(25)21(20)31(23)9-4-5-10-34-3;;/h6-8,15-18,26H,4-5,9-14H2,1-3H3,(H,27,28,30);2*1H/t17-,18+;;/m1../s1. The highest BCUT2D eigenvalue weighted by atomic mass is 35.5. The number of methoxy groups -OCH3 is 1. The molecular weight excluding hydrogens is 508 g/mol. The van der Waals surface area contributed by atoms with E-state index in [0.717, 1.165) is 31.6 Å². The number of hydrogen-bond donors (Lipinski definition) is 2. The van der Waals surface area contributed by atoms with Crippen molar-refractivity contribution in [1.82, 2.24) is 34.9 Å². The van der Waals surface area contributed by atoms with Gasteiger partial charge in [-0.05, 0) is 37.3 Å². The number of aryl methyl sites for hydroxylation is 1. The van der Waals surface area contributed by atoms with Crippen molar-refractivity contribution in [2.75, 3.05) is 33.4 Å². The highest BCUT2D eigenvalue weighted by molar-refractivity contribution is 5.95. The highest BCUT2D eigenvalue weighted by Crippen LogP contribution is 2.27. The van der Waals surface area contributed by atoms with Gasteiger partial charge in [0.2, 0.25) is 0 Å². The molecule has 0 aliphatic carbocycles. The lowest BCUT2D eigenvalue weighted by atomic mass is 9.93. The first kappa shape index (κ1) is 30.0. The monoisotopic (exact) mass is 543 g/mol. The number of carbonyl (C=O) groups excluding carboxylic acids is 1. The molecule has 0 radical (unpaired) electrons. The van der Waals surface area contributed by atoms with Crippen LogP contribution in [0.25, 0.3) is 11.0 Å². The molecule has 2 N–H and O–H groups in total. The van der Waals surface area contributed by atoms with E-state index < -0.39 is 0 Å². The van der Waals surface area contributed by atoms with Crippen LogP contribution in [-0.2, 0) is 11.3 Å². The van der Waals surface area contributed by atoms with Crippen molar-refractivity contribution in [2.24, 2.45) is 5.92 Å². The Morgan fingerprint density at radius 3 is 2.78 bits per heavy atom. The molecule has 1 amide bonds. The van der Waals surface area contributed by atoms with E-state index in [4.69, 9.17) is 4.74 Å². The maximum Gasteiger partial charge on any atom is 0.290 e. The number of carbonyl (C=O) groups is 1. The number of hydrogen-bond acceptors (Lipinski definition) is 6. The average molecular weight is 545 g/mol.